The number of ether oxygens (including phenoxy) is 2. The second-order valence-corrected chi connectivity index (χ2v) is 18.5. The average molecular weight is 828 g/mol. The quantitative estimate of drug-likeness (QED) is 0.0196. The molecule has 0 fully saturated rings. The topological polar surface area (TPSA) is 111 Å². The number of hydrogen-bond donors (Lipinski definition) is 0. The summed E-state index contributed by atoms with van der Waals surface area (Å²) in [5.41, 5.74) is 0. The number of allylic oxidation sites excluding steroid dienone is 4. The Balaban J connectivity index is 4.30. The summed E-state index contributed by atoms with van der Waals surface area (Å²) in [6, 6.07) is 0. The maximum atomic E-state index is 12.7. The fourth-order valence-corrected chi connectivity index (χ4v) is 7.20. The van der Waals surface area contributed by atoms with Crippen LogP contribution in [0.4, 0.5) is 0 Å². The number of carbonyl (C=O) groups excluding carboxylic acids is 2. The van der Waals surface area contributed by atoms with Gasteiger partial charge in [-0.05, 0) is 64.2 Å². The molecule has 0 heterocycles. The summed E-state index contributed by atoms with van der Waals surface area (Å²) in [5, 5.41) is 0. The van der Waals surface area contributed by atoms with Gasteiger partial charge in [-0.1, -0.05) is 160 Å². The molecule has 0 spiro atoms. The molecule has 0 aromatic rings. The highest BCUT2D eigenvalue weighted by molar-refractivity contribution is 7.45. The fraction of sp³-hybridized carbons (Fsp3) is 0.872. The number of rotatable bonds is 43. The van der Waals surface area contributed by atoms with Gasteiger partial charge in [-0.2, -0.15) is 0 Å². The van der Waals surface area contributed by atoms with E-state index in [1.165, 1.54) is 122 Å². The predicted octanol–water partition coefficient (Wildman–Crippen LogP) is 12.9. The largest absolute Gasteiger partial charge is 0.756 e. The summed E-state index contributed by atoms with van der Waals surface area (Å²) >= 11 is 0. The van der Waals surface area contributed by atoms with E-state index in [1.54, 1.807) is 0 Å². The minimum absolute atomic E-state index is 0.0311. The molecule has 9 nitrogen and oxygen atoms in total. The van der Waals surface area contributed by atoms with Crippen LogP contribution in [0.15, 0.2) is 24.3 Å². The van der Waals surface area contributed by atoms with Gasteiger partial charge in [-0.25, -0.2) is 0 Å². The Morgan fingerprint density at radius 1 is 0.526 bits per heavy atom. The Morgan fingerprint density at radius 3 is 1.30 bits per heavy atom. The van der Waals surface area contributed by atoms with Crippen LogP contribution in [0.5, 0.6) is 0 Å². The first-order chi connectivity index (χ1) is 27.5. The smallest absolute Gasteiger partial charge is 0.306 e. The Hall–Kier alpha value is -1.51. The highest BCUT2D eigenvalue weighted by Gasteiger charge is 2.21. The molecule has 0 aliphatic carbocycles. The fourth-order valence-electron chi connectivity index (χ4n) is 6.47. The molecule has 0 aliphatic heterocycles. The summed E-state index contributed by atoms with van der Waals surface area (Å²) in [5.74, 6) is -0.841. The molecule has 336 valence electrons. The number of phosphoric acid groups is 1. The number of phosphoric ester groups is 1. The van der Waals surface area contributed by atoms with Crippen LogP contribution in [0.2, 0.25) is 0 Å². The van der Waals surface area contributed by atoms with Crippen LogP contribution < -0.4 is 4.89 Å². The van der Waals surface area contributed by atoms with Crippen LogP contribution in [0.3, 0.4) is 0 Å². The Labute approximate surface area is 351 Å². The van der Waals surface area contributed by atoms with Gasteiger partial charge in [-0.15, -0.1) is 0 Å². The maximum absolute atomic E-state index is 12.7. The van der Waals surface area contributed by atoms with Gasteiger partial charge in [0.15, 0.2) is 6.10 Å². The van der Waals surface area contributed by atoms with E-state index in [0.717, 1.165) is 57.8 Å². The van der Waals surface area contributed by atoms with Gasteiger partial charge in [0.25, 0.3) is 7.82 Å². The summed E-state index contributed by atoms with van der Waals surface area (Å²) in [6.07, 6.45) is 43.4. The van der Waals surface area contributed by atoms with Crippen LogP contribution in [-0.2, 0) is 32.7 Å². The lowest BCUT2D eigenvalue weighted by Crippen LogP contribution is -2.37. The van der Waals surface area contributed by atoms with Crippen LogP contribution in [0, 0.1) is 0 Å². The van der Waals surface area contributed by atoms with Crippen molar-refractivity contribution in [2.45, 2.75) is 219 Å². The highest BCUT2D eigenvalue weighted by atomic mass is 31.2. The van der Waals surface area contributed by atoms with Gasteiger partial charge in [0.1, 0.15) is 19.8 Å². The molecule has 2 atom stereocenters. The van der Waals surface area contributed by atoms with Crippen LogP contribution in [-0.4, -0.2) is 70.0 Å². The van der Waals surface area contributed by atoms with E-state index in [1.807, 2.05) is 21.1 Å². The van der Waals surface area contributed by atoms with Crippen molar-refractivity contribution in [3.8, 4) is 0 Å². The summed E-state index contributed by atoms with van der Waals surface area (Å²) < 4.78 is 33.9. The second-order valence-electron chi connectivity index (χ2n) is 17.1. The minimum atomic E-state index is -4.63. The monoisotopic (exact) mass is 828 g/mol. The summed E-state index contributed by atoms with van der Waals surface area (Å²) in [7, 11) is 1.16. The summed E-state index contributed by atoms with van der Waals surface area (Å²) in [4.78, 5) is 37.6. The van der Waals surface area contributed by atoms with Crippen LogP contribution >= 0.6 is 7.82 Å². The standard InChI is InChI=1S/C47H90NO8P/c1-6-8-10-12-14-16-18-20-22-23-24-25-26-28-30-32-34-36-38-40-47(50)56-45(44-55-57(51,52)54-42-41-48(3,4)5)43-53-46(49)39-37-35-33-31-29-27-21-19-17-15-13-11-9-7-2/h19-22,45H,6-18,23-44H2,1-5H3/b21-19-,22-20-. The molecule has 0 amide bonds. The number of esters is 2. The van der Waals surface area contributed by atoms with Crippen molar-refractivity contribution >= 4 is 19.8 Å². The lowest BCUT2D eigenvalue weighted by atomic mass is 10.1. The first-order valence-electron chi connectivity index (χ1n) is 23.5. The molecular formula is C47H90NO8P. The van der Waals surface area contributed by atoms with E-state index in [2.05, 4.69) is 38.2 Å². The van der Waals surface area contributed by atoms with E-state index >= 15 is 0 Å². The molecule has 0 radical (unpaired) electrons. The van der Waals surface area contributed by atoms with E-state index in [4.69, 9.17) is 18.5 Å². The Kier molecular flexibility index (Phi) is 38.9. The highest BCUT2D eigenvalue weighted by Crippen LogP contribution is 2.38. The van der Waals surface area contributed by atoms with E-state index in [9.17, 15) is 19.0 Å². The van der Waals surface area contributed by atoms with Crippen molar-refractivity contribution in [1.82, 2.24) is 0 Å². The van der Waals surface area contributed by atoms with Crippen molar-refractivity contribution in [2.75, 3.05) is 47.5 Å². The lowest BCUT2D eigenvalue weighted by Gasteiger charge is -2.28. The molecular weight excluding hydrogens is 737 g/mol. The van der Waals surface area contributed by atoms with Crippen molar-refractivity contribution in [2.24, 2.45) is 0 Å². The molecule has 0 bridgehead atoms. The SMILES string of the molecule is CCCCCCC/C=C\CCCCCCCC(=O)OCC(COP(=O)([O-])OCC[N+](C)(C)C)OC(=O)CCCCCCCCCCC/C=C\CCCCCCCC. The zero-order valence-electron chi connectivity index (χ0n) is 37.8. The second kappa shape index (κ2) is 39.9. The van der Waals surface area contributed by atoms with Gasteiger partial charge in [0.05, 0.1) is 27.7 Å². The van der Waals surface area contributed by atoms with Crippen molar-refractivity contribution < 1.29 is 42.1 Å². The van der Waals surface area contributed by atoms with Crippen molar-refractivity contribution in [3.05, 3.63) is 24.3 Å². The van der Waals surface area contributed by atoms with E-state index in [0.29, 0.717) is 17.4 Å². The number of nitrogens with zero attached hydrogens (tertiary/aromatic N) is 1. The first-order valence-corrected chi connectivity index (χ1v) is 25.0. The van der Waals surface area contributed by atoms with E-state index < -0.39 is 32.5 Å². The van der Waals surface area contributed by atoms with Gasteiger partial charge < -0.3 is 27.9 Å². The molecule has 2 unspecified atom stereocenters. The Morgan fingerprint density at radius 2 is 0.895 bits per heavy atom. The molecule has 0 saturated heterocycles. The normalized spacial score (nSPS) is 13.7. The first kappa shape index (κ1) is 55.5. The van der Waals surface area contributed by atoms with Crippen molar-refractivity contribution in [3.63, 3.8) is 0 Å². The molecule has 10 heteroatoms. The van der Waals surface area contributed by atoms with Gasteiger partial charge >= 0.3 is 11.9 Å². The summed E-state index contributed by atoms with van der Waals surface area (Å²) in [6.45, 7) is 4.22. The molecule has 0 saturated carbocycles. The molecule has 0 aromatic heterocycles. The van der Waals surface area contributed by atoms with Crippen LogP contribution in [0.25, 0.3) is 0 Å². The maximum Gasteiger partial charge on any atom is 0.306 e. The third-order valence-electron chi connectivity index (χ3n) is 10.2. The molecule has 57 heavy (non-hydrogen) atoms. The Bertz CT molecular complexity index is 1030. The third kappa shape index (κ3) is 43.9. The molecule has 0 aliphatic rings. The zero-order chi connectivity index (χ0) is 42.1. The third-order valence-corrected chi connectivity index (χ3v) is 11.2. The number of likely N-dealkylation sites (N-methyl/N-ethyl adjacent to an activating group) is 1. The molecule has 0 rings (SSSR count). The van der Waals surface area contributed by atoms with E-state index in [-0.39, 0.29) is 26.1 Å². The zero-order valence-corrected chi connectivity index (χ0v) is 38.7. The van der Waals surface area contributed by atoms with Crippen molar-refractivity contribution in [1.29, 1.82) is 0 Å². The van der Waals surface area contributed by atoms with Crippen LogP contribution in [0.1, 0.15) is 213 Å². The average Bonchev–Trinajstić information content (AvgIpc) is 3.16. The van der Waals surface area contributed by atoms with Gasteiger partial charge in [0, 0.05) is 12.8 Å². The van der Waals surface area contributed by atoms with Gasteiger partial charge in [0.2, 0.25) is 0 Å². The number of unbranched alkanes of at least 4 members (excludes halogenated alkanes) is 25. The molecule has 0 N–H and O–H groups in total. The minimum Gasteiger partial charge on any atom is -0.756 e. The lowest BCUT2D eigenvalue weighted by molar-refractivity contribution is -0.870. The number of hydrogen-bond acceptors (Lipinski definition) is 8. The van der Waals surface area contributed by atoms with Gasteiger partial charge in [-0.3, -0.25) is 14.2 Å². The number of quaternary nitrogens is 1. The predicted molar refractivity (Wildman–Crippen MR) is 236 cm³/mol. The number of carbonyl (C=O) groups is 2. The molecule has 0 aromatic carbocycles.